The minimum atomic E-state index is -0.327. The number of hydrogen-bond acceptors (Lipinski definition) is 5. The standard InChI is InChI=1S/C24H29FN7O/c1-26-11-4-12-27-23-20-5-2-3-6-21(20)29-22(30-23)17-31-13-15-32(16-14-31)24(33)28-19-9-7-18(25)8-10-19/h2-3,5-10H,4,11-17H2,1H3,(H,28,33)(H,27,29,30)/q-1. The summed E-state index contributed by atoms with van der Waals surface area (Å²) in [6.45, 7) is 4.92. The minimum absolute atomic E-state index is 0.173. The molecule has 9 heteroatoms. The van der Waals surface area contributed by atoms with Gasteiger partial charge in [0.1, 0.15) is 17.5 Å². The number of halogens is 1. The van der Waals surface area contributed by atoms with Crippen molar-refractivity contribution in [2.45, 2.75) is 13.0 Å². The van der Waals surface area contributed by atoms with Crippen LogP contribution in [0.15, 0.2) is 48.5 Å². The first-order valence-electron chi connectivity index (χ1n) is 11.2. The van der Waals surface area contributed by atoms with E-state index in [9.17, 15) is 9.18 Å². The maximum absolute atomic E-state index is 13.1. The molecule has 2 aromatic carbocycles. The Bertz CT molecular complexity index is 1070. The van der Waals surface area contributed by atoms with Gasteiger partial charge in [0.2, 0.25) is 0 Å². The Morgan fingerprint density at radius 2 is 1.82 bits per heavy atom. The Labute approximate surface area is 193 Å². The Hall–Kier alpha value is -3.30. The molecule has 0 bridgehead atoms. The van der Waals surface area contributed by atoms with Crippen LogP contribution in [0.2, 0.25) is 0 Å². The summed E-state index contributed by atoms with van der Waals surface area (Å²) in [5.41, 5.74) is 1.50. The fraction of sp³-hybridized carbons (Fsp3) is 0.375. The second kappa shape index (κ2) is 11.0. The number of urea groups is 1. The van der Waals surface area contributed by atoms with Crippen LogP contribution in [-0.2, 0) is 6.54 Å². The van der Waals surface area contributed by atoms with Gasteiger partial charge in [0.15, 0.2) is 0 Å². The van der Waals surface area contributed by atoms with E-state index in [0.717, 1.165) is 55.1 Å². The van der Waals surface area contributed by atoms with Crippen molar-refractivity contribution in [2.24, 2.45) is 0 Å². The number of amides is 2. The summed E-state index contributed by atoms with van der Waals surface area (Å²) >= 11 is 0. The zero-order valence-corrected chi connectivity index (χ0v) is 18.8. The van der Waals surface area contributed by atoms with Crippen molar-refractivity contribution in [3.63, 3.8) is 0 Å². The highest BCUT2D eigenvalue weighted by atomic mass is 19.1. The highest BCUT2D eigenvalue weighted by molar-refractivity contribution is 5.89. The molecule has 1 fully saturated rings. The number of carbonyl (C=O) groups is 1. The van der Waals surface area contributed by atoms with Crippen LogP contribution in [0.5, 0.6) is 0 Å². The molecule has 1 saturated heterocycles. The molecule has 33 heavy (non-hydrogen) atoms. The molecule has 0 radical (unpaired) electrons. The van der Waals surface area contributed by atoms with E-state index in [4.69, 9.17) is 9.97 Å². The first kappa shape index (κ1) is 22.9. The topological polar surface area (TPSA) is 87.5 Å². The highest BCUT2D eigenvalue weighted by Gasteiger charge is 2.22. The number of hydrogen-bond donors (Lipinski definition) is 2. The molecule has 0 spiro atoms. The minimum Gasteiger partial charge on any atom is -0.665 e. The molecule has 1 aliphatic rings. The van der Waals surface area contributed by atoms with Crippen LogP contribution >= 0.6 is 0 Å². The lowest BCUT2D eigenvalue weighted by Gasteiger charge is -2.34. The molecular formula is C24H29FN7O-. The quantitative estimate of drug-likeness (QED) is 0.508. The summed E-state index contributed by atoms with van der Waals surface area (Å²) in [5, 5.41) is 11.4. The number of benzene rings is 2. The molecule has 3 aromatic rings. The van der Waals surface area contributed by atoms with E-state index in [1.165, 1.54) is 12.1 Å². The number of rotatable bonds is 8. The van der Waals surface area contributed by atoms with E-state index < -0.39 is 0 Å². The number of para-hydroxylation sites is 1. The van der Waals surface area contributed by atoms with E-state index in [1.54, 1.807) is 17.0 Å². The van der Waals surface area contributed by atoms with Crippen LogP contribution in [0.25, 0.3) is 16.2 Å². The normalized spacial score (nSPS) is 14.4. The first-order valence-corrected chi connectivity index (χ1v) is 11.2. The molecule has 0 unspecified atom stereocenters. The number of fused-ring (bicyclic) bond motifs is 1. The van der Waals surface area contributed by atoms with Crippen molar-refractivity contribution < 1.29 is 9.18 Å². The summed E-state index contributed by atoms with van der Waals surface area (Å²) in [6, 6.07) is 13.6. The Kier molecular flexibility index (Phi) is 7.64. The van der Waals surface area contributed by atoms with Crippen molar-refractivity contribution in [1.29, 1.82) is 0 Å². The van der Waals surface area contributed by atoms with Crippen LogP contribution in [0.4, 0.5) is 20.7 Å². The SMILES string of the molecule is C[N-]CCCNc1nc(CN2CCN(C(=O)Nc3ccc(F)cc3)CC2)nc2ccccc12. The van der Waals surface area contributed by atoms with Crippen LogP contribution in [0.1, 0.15) is 12.2 Å². The van der Waals surface area contributed by atoms with Gasteiger partial charge in [-0.1, -0.05) is 18.6 Å². The van der Waals surface area contributed by atoms with Gasteiger partial charge in [-0.05, 0) is 36.4 Å². The number of nitrogens with one attached hydrogen (secondary N) is 2. The monoisotopic (exact) mass is 450 g/mol. The van der Waals surface area contributed by atoms with Crippen molar-refractivity contribution in [2.75, 3.05) is 56.9 Å². The lowest BCUT2D eigenvalue weighted by molar-refractivity contribution is 0.141. The predicted molar refractivity (Wildman–Crippen MR) is 129 cm³/mol. The molecule has 2 N–H and O–H groups in total. The third-order valence-corrected chi connectivity index (χ3v) is 5.62. The first-order chi connectivity index (χ1) is 16.1. The van der Waals surface area contributed by atoms with E-state index in [-0.39, 0.29) is 11.8 Å². The van der Waals surface area contributed by atoms with Gasteiger partial charge in [-0.25, -0.2) is 19.2 Å². The molecule has 2 heterocycles. The van der Waals surface area contributed by atoms with Crippen molar-refractivity contribution in [1.82, 2.24) is 19.8 Å². The van der Waals surface area contributed by atoms with E-state index in [0.29, 0.717) is 25.3 Å². The van der Waals surface area contributed by atoms with E-state index in [2.05, 4.69) is 20.9 Å². The van der Waals surface area contributed by atoms with Gasteiger partial charge >= 0.3 is 6.03 Å². The third-order valence-electron chi connectivity index (χ3n) is 5.62. The second-order valence-corrected chi connectivity index (χ2v) is 8.03. The predicted octanol–water partition coefficient (Wildman–Crippen LogP) is 3.92. The molecule has 0 aliphatic carbocycles. The van der Waals surface area contributed by atoms with Gasteiger partial charge in [-0.3, -0.25) is 4.90 Å². The smallest absolute Gasteiger partial charge is 0.321 e. The molecule has 2 amide bonds. The summed E-state index contributed by atoms with van der Waals surface area (Å²) in [6.07, 6.45) is 0.951. The maximum atomic E-state index is 13.1. The van der Waals surface area contributed by atoms with Crippen molar-refractivity contribution in [3.05, 3.63) is 65.5 Å². The van der Waals surface area contributed by atoms with Gasteiger partial charge in [-0.2, -0.15) is 7.05 Å². The van der Waals surface area contributed by atoms with Crippen LogP contribution in [0, 0.1) is 5.82 Å². The number of nitrogens with zero attached hydrogens (tertiary/aromatic N) is 5. The van der Waals surface area contributed by atoms with Gasteiger partial charge in [0.05, 0.1) is 12.1 Å². The number of piperazine rings is 1. The van der Waals surface area contributed by atoms with E-state index >= 15 is 0 Å². The number of carbonyl (C=O) groups excluding carboxylic acids is 1. The second-order valence-electron chi connectivity index (χ2n) is 8.03. The lowest BCUT2D eigenvalue weighted by atomic mass is 10.2. The molecule has 0 saturated carbocycles. The fourth-order valence-electron chi connectivity index (χ4n) is 3.82. The maximum Gasteiger partial charge on any atom is 0.321 e. The Morgan fingerprint density at radius 3 is 2.58 bits per heavy atom. The Balaban J connectivity index is 1.35. The number of anilines is 2. The largest absolute Gasteiger partial charge is 0.665 e. The zero-order chi connectivity index (χ0) is 23.0. The van der Waals surface area contributed by atoms with Gasteiger partial charge in [0, 0.05) is 43.8 Å². The van der Waals surface area contributed by atoms with Gasteiger partial charge < -0.3 is 20.9 Å². The van der Waals surface area contributed by atoms with E-state index in [1.807, 2.05) is 31.3 Å². The molecule has 4 rings (SSSR count). The zero-order valence-electron chi connectivity index (χ0n) is 18.8. The summed E-state index contributed by atoms with van der Waals surface area (Å²) in [7, 11) is 1.82. The lowest BCUT2D eigenvalue weighted by Crippen LogP contribution is -2.49. The van der Waals surface area contributed by atoms with Crippen molar-refractivity contribution >= 4 is 28.4 Å². The molecule has 1 aromatic heterocycles. The summed E-state index contributed by atoms with van der Waals surface area (Å²) in [5.74, 6) is 1.29. The molecule has 174 valence electrons. The molecule has 1 aliphatic heterocycles. The van der Waals surface area contributed by atoms with Crippen LogP contribution < -0.4 is 10.6 Å². The summed E-state index contributed by atoms with van der Waals surface area (Å²) < 4.78 is 13.1. The summed E-state index contributed by atoms with van der Waals surface area (Å²) in [4.78, 5) is 26.1. The van der Waals surface area contributed by atoms with Crippen molar-refractivity contribution in [3.8, 4) is 0 Å². The molecule has 0 atom stereocenters. The van der Waals surface area contributed by atoms with Gasteiger partial charge in [-0.15, -0.1) is 6.54 Å². The molecular weight excluding hydrogens is 421 g/mol. The average Bonchev–Trinajstić information content (AvgIpc) is 2.83. The van der Waals surface area contributed by atoms with Crippen LogP contribution in [0.3, 0.4) is 0 Å². The number of aromatic nitrogens is 2. The fourth-order valence-corrected chi connectivity index (χ4v) is 3.82. The average molecular weight is 451 g/mol. The van der Waals surface area contributed by atoms with Crippen LogP contribution in [-0.4, -0.2) is 72.1 Å². The third kappa shape index (κ3) is 6.15. The van der Waals surface area contributed by atoms with Gasteiger partial charge in [0.25, 0.3) is 0 Å². The molecule has 8 nitrogen and oxygen atoms in total. The highest BCUT2D eigenvalue weighted by Crippen LogP contribution is 2.21. The Morgan fingerprint density at radius 1 is 1.06 bits per heavy atom.